The Labute approximate surface area is 177 Å². The van der Waals surface area contributed by atoms with Crippen LogP contribution in [0.5, 0.6) is 17.2 Å². The van der Waals surface area contributed by atoms with Gasteiger partial charge < -0.3 is 14.2 Å². The molecule has 3 atom stereocenters. The van der Waals surface area contributed by atoms with E-state index in [0.717, 1.165) is 30.3 Å². The molecule has 3 aliphatic rings. The normalized spacial score (nSPS) is 27.8. The molecule has 0 radical (unpaired) electrons. The largest absolute Gasteiger partial charge is 0.472 e. The third kappa shape index (κ3) is 2.56. The first kappa shape index (κ1) is 18.1. The Morgan fingerprint density at radius 3 is 2.43 bits per heavy atom. The second-order valence-electron chi connectivity index (χ2n) is 8.93. The summed E-state index contributed by atoms with van der Waals surface area (Å²) in [5.41, 5.74) is 2.19. The molecule has 0 spiro atoms. The summed E-state index contributed by atoms with van der Waals surface area (Å²) in [4.78, 5) is 2.53. The van der Waals surface area contributed by atoms with Crippen molar-refractivity contribution in [1.29, 1.82) is 0 Å². The number of nitrogens with zero attached hydrogens (tertiary/aromatic N) is 1. The van der Waals surface area contributed by atoms with Gasteiger partial charge in [0.2, 0.25) is 6.79 Å². The molecule has 0 bridgehead atoms. The Balaban J connectivity index is 1.58. The predicted molar refractivity (Wildman–Crippen MR) is 117 cm³/mol. The Morgan fingerprint density at radius 1 is 0.867 bits per heavy atom. The van der Waals surface area contributed by atoms with Gasteiger partial charge in [0.1, 0.15) is 5.75 Å². The molecule has 6 rings (SSSR count). The fourth-order valence-corrected chi connectivity index (χ4v) is 5.64. The third-order valence-electron chi connectivity index (χ3n) is 7.39. The van der Waals surface area contributed by atoms with E-state index < -0.39 is 0 Å². The maximum atomic E-state index is 6.80. The molecule has 3 aliphatic heterocycles. The van der Waals surface area contributed by atoms with E-state index in [9.17, 15) is 0 Å². The summed E-state index contributed by atoms with van der Waals surface area (Å²) in [5, 5.41) is 2.59. The second-order valence-corrected chi connectivity index (χ2v) is 8.93. The van der Waals surface area contributed by atoms with E-state index in [1.807, 2.05) is 6.07 Å². The smallest absolute Gasteiger partial charge is 0.231 e. The van der Waals surface area contributed by atoms with Gasteiger partial charge in [0.15, 0.2) is 17.2 Å². The molecule has 154 valence electrons. The maximum Gasteiger partial charge on any atom is 0.231 e. The molecule has 0 saturated carbocycles. The zero-order chi connectivity index (χ0) is 20.3. The standard InChI is InChI=1S/C26H27NO3/c1-17-25(20-11-7-9-18-8-3-4-10-19(18)20)21-14-23-24(29-16-28-23)15-22(21)30-26(17,2)27-12-5-6-13-27/h3-4,7-11,14-15,17,25H,5-6,12-13,16H2,1-2H3/t17-,25+,26+/m0/s1. The summed E-state index contributed by atoms with van der Waals surface area (Å²) >= 11 is 0. The maximum absolute atomic E-state index is 6.80. The average Bonchev–Trinajstić information content (AvgIpc) is 3.45. The number of hydrogen-bond donors (Lipinski definition) is 0. The van der Waals surface area contributed by atoms with Gasteiger partial charge in [-0.15, -0.1) is 0 Å². The monoisotopic (exact) mass is 401 g/mol. The third-order valence-corrected chi connectivity index (χ3v) is 7.39. The number of hydrogen-bond acceptors (Lipinski definition) is 4. The van der Waals surface area contributed by atoms with Gasteiger partial charge in [0, 0.05) is 36.6 Å². The van der Waals surface area contributed by atoms with Crippen molar-refractivity contribution in [2.45, 2.75) is 38.3 Å². The van der Waals surface area contributed by atoms with Gasteiger partial charge in [-0.05, 0) is 42.2 Å². The van der Waals surface area contributed by atoms with E-state index >= 15 is 0 Å². The van der Waals surface area contributed by atoms with E-state index in [2.05, 4.69) is 67.3 Å². The van der Waals surface area contributed by atoms with Gasteiger partial charge in [0.05, 0.1) is 0 Å². The SMILES string of the molecule is C[C@H]1[C@H](c2cccc3ccccc23)c2cc3c(cc2O[C@@]1(C)N1CCCC1)OCO3. The number of rotatable bonds is 2. The zero-order valence-electron chi connectivity index (χ0n) is 17.6. The van der Waals surface area contributed by atoms with Crippen molar-refractivity contribution in [3.8, 4) is 17.2 Å². The van der Waals surface area contributed by atoms with Crippen LogP contribution in [0.25, 0.3) is 10.8 Å². The van der Waals surface area contributed by atoms with Crippen LogP contribution in [0.15, 0.2) is 54.6 Å². The highest BCUT2D eigenvalue weighted by molar-refractivity contribution is 5.87. The van der Waals surface area contributed by atoms with Gasteiger partial charge in [-0.1, -0.05) is 49.4 Å². The highest BCUT2D eigenvalue weighted by Gasteiger charge is 2.50. The minimum absolute atomic E-state index is 0.208. The van der Waals surface area contributed by atoms with Crippen LogP contribution in [0, 0.1) is 5.92 Å². The van der Waals surface area contributed by atoms with Crippen molar-refractivity contribution >= 4 is 10.8 Å². The van der Waals surface area contributed by atoms with E-state index in [4.69, 9.17) is 14.2 Å². The molecule has 0 aliphatic carbocycles. The zero-order valence-corrected chi connectivity index (χ0v) is 17.6. The summed E-state index contributed by atoms with van der Waals surface area (Å²) < 4.78 is 18.2. The first-order chi connectivity index (χ1) is 14.6. The van der Waals surface area contributed by atoms with Crippen LogP contribution in [0.1, 0.15) is 43.7 Å². The number of likely N-dealkylation sites (tertiary alicyclic amines) is 1. The summed E-state index contributed by atoms with van der Waals surface area (Å²) in [6.07, 6.45) is 2.47. The minimum atomic E-state index is -0.362. The topological polar surface area (TPSA) is 30.9 Å². The van der Waals surface area contributed by atoms with Crippen molar-refractivity contribution in [1.82, 2.24) is 4.90 Å². The fraction of sp³-hybridized carbons (Fsp3) is 0.385. The van der Waals surface area contributed by atoms with Crippen molar-refractivity contribution in [3.05, 3.63) is 65.7 Å². The molecule has 0 amide bonds. The van der Waals surface area contributed by atoms with Gasteiger partial charge in [-0.2, -0.15) is 0 Å². The minimum Gasteiger partial charge on any atom is -0.472 e. The van der Waals surface area contributed by atoms with Gasteiger partial charge in [-0.3, -0.25) is 4.90 Å². The lowest BCUT2D eigenvalue weighted by Gasteiger charge is -2.50. The average molecular weight is 402 g/mol. The molecule has 1 fully saturated rings. The number of ether oxygens (including phenoxy) is 3. The summed E-state index contributed by atoms with van der Waals surface area (Å²) in [5.74, 6) is 3.00. The molecule has 4 nitrogen and oxygen atoms in total. The molecular formula is C26H27NO3. The summed E-state index contributed by atoms with van der Waals surface area (Å²) in [6.45, 7) is 7.06. The first-order valence-electron chi connectivity index (χ1n) is 11.0. The lowest BCUT2D eigenvalue weighted by atomic mass is 9.72. The Bertz CT molecular complexity index is 1120. The lowest BCUT2D eigenvalue weighted by molar-refractivity contribution is -0.114. The highest BCUT2D eigenvalue weighted by Crippen LogP contribution is 2.54. The molecule has 4 heteroatoms. The van der Waals surface area contributed by atoms with Crippen LogP contribution >= 0.6 is 0 Å². The van der Waals surface area contributed by atoms with Crippen LogP contribution in [0.3, 0.4) is 0 Å². The van der Waals surface area contributed by atoms with E-state index in [1.165, 1.54) is 34.7 Å². The first-order valence-corrected chi connectivity index (χ1v) is 11.0. The summed E-state index contributed by atoms with van der Waals surface area (Å²) in [7, 11) is 0. The molecule has 30 heavy (non-hydrogen) atoms. The predicted octanol–water partition coefficient (Wildman–Crippen LogP) is 5.54. The van der Waals surface area contributed by atoms with Crippen LogP contribution in [0.4, 0.5) is 0 Å². The van der Waals surface area contributed by atoms with Crippen LogP contribution in [-0.4, -0.2) is 30.5 Å². The van der Waals surface area contributed by atoms with Gasteiger partial charge in [-0.25, -0.2) is 0 Å². The number of benzene rings is 3. The quantitative estimate of drug-likeness (QED) is 0.564. The molecule has 0 N–H and O–H groups in total. The molecular weight excluding hydrogens is 374 g/mol. The van der Waals surface area contributed by atoms with Gasteiger partial charge >= 0.3 is 0 Å². The summed E-state index contributed by atoms with van der Waals surface area (Å²) in [6, 6.07) is 19.5. The van der Waals surface area contributed by atoms with Crippen LogP contribution in [-0.2, 0) is 0 Å². The highest BCUT2D eigenvalue weighted by atomic mass is 16.7. The van der Waals surface area contributed by atoms with E-state index in [1.54, 1.807) is 0 Å². The molecule has 1 saturated heterocycles. The van der Waals surface area contributed by atoms with Crippen LogP contribution < -0.4 is 14.2 Å². The van der Waals surface area contributed by atoms with E-state index in [-0.39, 0.29) is 24.4 Å². The Hall–Kier alpha value is -2.72. The van der Waals surface area contributed by atoms with Crippen molar-refractivity contribution in [2.75, 3.05) is 19.9 Å². The molecule has 0 unspecified atom stereocenters. The second kappa shape index (κ2) is 6.64. The lowest BCUT2D eigenvalue weighted by Crippen LogP contribution is -2.57. The fourth-order valence-electron chi connectivity index (χ4n) is 5.64. The van der Waals surface area contributed by atoms with E-state index in [0.29, 0.717) is 0 Å². The van der Waals surface area contributed by atoms with Crippen molar-refractivity contribution in [2.24, 2.45) is 5.92 Å². The molecule has 0 aromatic heterocycles. The van der Waals surface area contributed by atoms with Crippen molar-refractivity contribution in [3.63, 3.8) is 0 Å². The molecule has 3 aromatic rings. The molecule has 3 aromatic carbocycles. The Kier molecular flexibility index (Phi) is 4.00. The molecule has 3 heterocycles. The van der Waals surface area contributed by atoms with Crippen molar-refractivity contribution < 1.29 is 14.2 Å². The number of fused-ring (bicyclic) bond motifs is 3. The Morgan fingerprint density at radius 2 is 1.60 bits per heavy atom. The van der Waals surface area contributed by atoms with Gasteiger partial charge in [0.25, 0.3) is 0 Å². The van der Waals surface area contributed by atoms with Crippen LogP contribution in [0.2, 0.25) is 0 Å².